The zero-order valence-electron chi connectivity index (χ0n) is 25.8. The first-order valence-corrected chi connectivity index (χ1v) is 16.5. The molecule has 2 aliphatic rings. The molecular formula is C32H66O6. The molecule has 2 saturated heterocycles. The summed E-state index contributed by atoms with van der Waals surface area (Å²) in [6.45, 7) is 10.0. The van der Waals surface area contributed by atoms with Crippen LogP contribution in [0.2, 0.25) is 0 Å². The first kappa shape index (κ1) is 37.8. The molecule has 2 rings (SSSR count). The fraction of sp³-hybridized carbons (Fsp3) is 1.00. The fourth-order valence-corrected chi connectivity index (χ4v) is 4.70. The van der Waals surface area contributed by atoms with E-state index in [0.29, 0.717) is 19.8 Å². The summed E-state index contributed by atoms with van der Waals surface area (Å²) >= 11 is 0. The highest BCUT2D eigenvalue weighted by Gasteiger charge is 2.24. The van der Waals surface area contributed by atoms with Crippen LogP contribution in [0.3, 0.4) is 0 Å². The average molecular weight is 547 g/mol. The maximum Gasteiger partial charge on any atom is 0.158 e. The van der Waals surface area contributed by atoms with Gasteiger partial charge < -0.3 is 29.2 Å². The zero-order valence-corrected chi connectivity index (χ0v) is 25.8. The number of aliphatic hydroxyl groups is 2. The molecule has 0 aromatic carbocycles. The molecular weight excluding hydrogens is 480 g/mol. The second kappa shape index (κ2) is 29.7. The van der Waals surface area contributed by atoms with Crippen LogP contribution in [0, 0.1) is 0 Å². The Labute approximate surface area is 236 Å². The van der Waals surface area contributed by atoms with Crippen molar-refractivity contribution < 1.29 is 29.2 Å². The van der Waals surface area contributed by atoms with Crippen LogP contribution in [0.15, 0.2) is 0 Å². The lowest BCUT2D eigenvalue weighted by Crippen LogP contribution is -2.35. The third-order valence-electron chi connectivity index (χ3n) is 7.05. The van der Waals surface area contributed by atoms with Crippen molar-refractivity contribution in [1.29, 1.82) is 0 Å². The first-order chi connectivity index (χ1) is 18.7. The summed E-state index contributed by atoms with van der Waals surface area (Å²) in [6.07, 6.45) is 25.5. The predicted molar refractivity (Wildman–Crippen MR) is 158 cm³/mol. The van der Waals surface area contributed by atoms with E-state index >= 15 is 0 Å². The van der Waals surface area contributed by atoms with Crippen LogP contribution >= 0.6 is 0 Å². The molecule has 0 saturated carbocycles. The molecule has 6 heteroatoms. The Bertz CT molecular complexity index is 422. The standard InChI is InChI=1S/2C15H30O3.C2H6/c1-2-3-4-5-6-7-8-9-10-11-15-17-12-14(16)13-18-15;1-2-3-4-5-6-7-8-9-10-11-15-17-13-14(12-16)18-15;1-2/h2*14-16H,2-13H2,1H3;1-2H3. The Balaban J connectivity index is 0.000000676. The van der Waals surface area contributed by atoms with Crippen LogP contribution in [-0.2, 0) is 18.9 Å². The third kappa shape index (κ3) is 23.6. The van der Waals surface area contributed by atoms with E-state index in [-0.39, 0.29) is 25.3 Å². The second-order valence-electron chi connectivity index (χ2n) is 10.7. The van der Waals surface area contributed by atoms with Crippen molar-refractivity contribution in [3.8, 4) is 0 Å². The van der Waals surface area contributed by atoms with Gasteiger partial charge in [0, 0.05) is 0 Å². The monoisotopic (exact) mass is 546 g/mol. The second-order valence-corrected chi connectivity index (χ2v) is 10.7. The maximum absolute atomic E-state index is 9.21. The van der Waals surface area contributed by atoms with E-state index in [1.807, 2.05) is 13.8 Å². The van der Waals surface area contributed by atoms with Crippen LogP contribution < -0.4 is 0 Å². The van der Waals surface area contributed by atoms with Crippen molar-refractivity contribution in [2.45, 2.75) is 181 Å². The lowest BCUT2D eigenvalue weighted by Gasteiger charge is -2.26. The smallest absolute Gasteiger partial charge is 0.158 e. The Morgan fingerprint density at radius 3 is 1.29 bits per heavy atom. The first-order valence-electron chi connectivity index (χ1n) is 16.5. The van der Waals surface area contributed by atoms with E-state index in [9.17, 15) is 5.11 Å². The minimum atomic E-state index is -0.427. The molecule has 0 bridgehead atoms. The number of ether oxygens (including phenoxy) is 4. The molecule has 0 radical (unpaired) electrons. The summed E-state index contributed by atoms with van der Waals surface area (Å²) in [4.78, 5) is 0. The van der Waals surface area contributed by atoms with Crippen molar-refractivity contribution in [2.75, 3.05) is 26.4 Å². The molecule has 6 nitrogen and oxygen atoms in total. The van der Waals surface area contributed by atoms with Gasteiger partial charge in [-0.1, -0.05) is 130 Å². The molecule has 0 aromatic heterocycles. The minimum Gasteiger partial charge on any atom is -0.394 e. The Hall–Kier alpha value is -0.240. The topological polar surface area (TPSA) is 77.4 Å². The van der Waals surface area contributed by atoms with Gasteiger partial charge in [0.2, 0.25) is 0 Å². The molecule has 2 heterocycles. The van der Waals surface area contributed by atoms with Gasteiger partial charge in [-0.3, -0.25) is 0 Å². The fourth-order valence-electron chi connectivity index (χ4n) is 4.70. The van der Waals surface area contributed by atoms with Crippen molar-refractivity contribution >= 4 is 0 Å². The molecule has 2 N–H and O–H groups in total. The van der Waals surface area contributed by atoms with Crippen molar-refractivity contribution in [2.24, 2.45) is 0 Å². The molecule has 2 aliphatic heterocycles. The third-order valence-corrected chi connectivity index (χ3v) is 7.05. The molecule has 2 fully saturated rings. The predicted octanol–water partition coefficient (Wildman–Crippen LogP) is 8.31. The summed E-state index contributed by atoms with van der Waals surface area (Å²) in [5.41, 5.74) is 0. The summed E-state index contributed by atoms with van der Waals surface area (Å²) in [6, 6.07) is 0. The lowest BCUT2D eigenvalue weighted by atomic mass is 10.1. The maximum atomic E-state index is 9.21. The van der Waals surface area contributed by atoms with E-state index in [4.69, 9.17) is 24.1 Å². The van der Waals surface area contributed by atoms with Gasteiger partial charge in [-0.05, 0) is 25.7 Å². The van der Waals surface area contributed by atoms with Gasteiger partial charge in [-0.25, -0.2) is 0 Å². The van der Waals surface area contributed by atoms with E-state index in [2.05, 4.69) is 13.8 Å². The Kier molecular flexibility index (Phi) is 29.5. The summed E-state index contributed by atoms with van der Waals surface area (Å²) in [5.74, 6) is 0. The molecule has 2 unspecified atom stereocenters. The van der Waals surface area contributed by atoms with Gasteiger partial charge in [0.1, 0.15) is 12.2 Å². The van der Waals surface area contributed by atoms with Crippen LogP contribution in [0.25, 0.3) is 0 Å². The highest BCUT2D eigenvalue weighted by Crippen LogP contribution is 2.18. The number of rotatable bonds is 21. The summed E-state index contributed by atoms with van der Waals surface area (Å²) in [7, 11) is 0. The molecule has 2 atom stereocenters. The van der Waals surface area contributed by atoms with Crippen molar-refractivity contribution in [3.63, 3.8) is 0 Å². The van der Waals surface area contributed by atoms with Gasteiger partial charge in [-0.2, -0.15) is 0 Å². The Morgan fingerprint density at radius 2 is 0.895 bits per heavy atom. The molecule has 230 valence electrons. The van der Waals surface area contributed by atoms with Crippen molar-refractivity contribution in [1.82, 2.24) is 0 Å². The minimum absolute atomic E-state index is 0.0632. The van der Waals surface area contributed by atoms with Gasteiger partial charge in [0.25, 0.3) is 0 Å². The van der Waals surface area contributed by atoms with E-state index in [0.717, 1.165) is 12.8 Å². The highest BCUT2D eigenvalue weighted by molar-refractivity contribution is 4.64. The quantitative estimate of drug-likeness (QED) is 0.141. The van der Waals surface area contributed by atoms with Crippen molar-refractivity contribution in [3.05, 3.63) is 0 Å². The largest absolute Gasteiger partial charge is 0.394 e. The van der Waals surface area contributed by atoms with Gasteiger partial charge in [0.05, 0.1) is 26.4 Å². The average Bonchev–Trinajstić information content (AvgIpc) is 3.42. The van der Waals surface area contributed by atoms with Gasteiger partial charge >= 0.3 is 0 Å². The van der Waals surface area contributed by atoms with Crippen LogP contribution in [0.5, 0.6) is 0 Å². The van der Waals surface area contributed by atoms with Gasteiger partial charge in [0.15, 0.2) is 12.6 Å². The summed E-state index contributed by atoms with van der Waals surface area (Å²) < 4.78 is 21.7. The van der Waals surface area contributed by atoms with Crippen LogP contribution in [-0.4, -0.2) is 61.4 Å². The van der Waals surface area contributed by atoms with E-state index in [1.54, 1.807) is 0 Å². The summed E-state index contributed by atoms with van der Waals surface area (Å²) in [5, 5.41) is 18.1. The Morgan fingerprint density at radius 1 is 0.526 bits per heavy atom. The number of hydrogen-bond acceptors (Lipinski definition) is 6. The molecule has 0 amide bonds. The molecule has 0 aliphatic carbocycles. The highest BCUT2D eigenvalue weighted by atomic mass is 16.7. The van der Waals surface area contributed by atoms with E-state index in [1.165, 1.54) is 116 Å². The molecule has 0 spiro atoms. The molecule has 38 heavy (non-hydrogen) atoms. The normalized spacial score (nSPS) is 22.9. The lowest BCUT2D eigenvalue weighted by molar-refractivity contribution is -0.218. The SMILES string of the molecule is CC.CCCCCCCCCCCC1OCC(CO)O1.CCCCCCCCCCCC1OCC(O)CO1. The zero-order chi connectivity index (χ0) is 28.1. The number of aliphatic hydroxyl groups excluding tert-OH is 2. The van der Waals surface area contributed by atoms with Crippen LogP contribution in [0.4, 0.5) is 0 Å². The van der Waals surface area contributed by atoms with Crippen LogP contribution in [0.1, 0.15) is 156 Å². The van der Waals surface area contributed by atoms with Gasteiger partial charge in [-0.15, -0.1) is 0 Å². The number of hydrogen-bond donors (Lipinski definition) is 2. The molecule has 0 aromatic rings. The number of unbranched alkanes of at least 4 members (excludes halogenated alkanes) is 16. The van der Waals surface area contributed by atoms with E-state index < -0.39 is 6.10 Å².